The molecule has 0 bridgehead atoms. The van der Waals surface area contributed by atoms with Gasteiger partial charge in [-0.25, -0.2) is 0 Å². The molecule has 1 aliphatic rings. The summed E-state index contributed by atoms with van der Waals surface area (Å²) < 4.78 is 1.08. The summed E-state index contributed by atoms with van der Waals surface area (Å²) in [7, 11) is 0. The fraction of sp³-hybridized carbons (Fsp3) is 0.455. The molecule has 1 saturated carbocycles. The van der Waals surface area contributed by atoms with E-state index in [1.54, 1.807) is 0 Å². The van der Waals surface area contributed by atoms with Gasteiger partial charge in [0.2, 0.25) is 0 Å². The van der Waals surface area contributed by atoms with Crippen molar-refractivity contribution in [2.75, 3.05) is 6.54 Å². The molecular formula is C22H28BrNO. The second-order valence-corrected chi connectivity index (χ2v) is 8.30. The minimum atomic E-state index is -0.598. The van der Waals surface area contributed by atoms with Gasteiger partial charge in [0.15, 0.2) is 0 Å². The lowest BCUT2D eigenvalue weighted by Gasteiger charge is -2.40. The van der Waals surface area contributed by atoms with Crippen molar-refractivity contribution in [1.29, 1.82) is 0 Å². The Morgan fingerprint density at radius 2 is 1.80 bits per heavy atom. The number of halogens is 1. The van der Waals surface area contributed by atoms with Crippen molar-refractivity contribution in [1.82, 2.24) is 5.32 Å². The van der Waals surface area contributed by atoms with Gasteiger partial charge in [-0.15, -0.1) is 0 Å². The van der Waals surface area contributed by atoms with E-state index in [0.29, 0.717) is 0 Å². The number of hydrogen-bond acceptors (Lipinski definition) is 2. The van der Waals surface area contributed by atoms with Crippen molar-refractivity contribution in [2.24, 2.45) is 0 Å². The Bertz CT molecular complexity index is 677. The Morgan fingerprint density at radius 1 is 1.08 bits per heavy atom. The second-order valence-electron chi connectivity index (χ2n) is 7.39. The maximum atomic E-state index is 11.4. The van der Waals surface area contributed by atoms with Gasteiger partial charge in [0.05, 0.1) is 5.60 Å². The fourth-order valence-electron chi connectivity index (χ4n) is 3.92. The van der Waals surface area contributed by atoms with Crippen LogP contribution in [-0.2, 0) is 6.54 Å². The van der Waals surface area contributed by atoms with Crippen LogP contribution in [0.1, 0.15) is 54.7 Å². The van der Waals surface area contributed by atoms with Gasteiger partial charge >= 0.3 is 0 Å². The molecule has 0 radical (unpaired) electrons. The highest BCUT2D eigenvalue weighted by atomic mass is 79.9. The lowest BCUT2D eigenvalue weighted by molar-refractivity contribution is -0.0216. The van der Waals surface area contributed by atoms with E-state index in [9.17, 15) is 5.11 Å². The molecule has 3 heteroatoms. The first-order valence-corrected chi connectivity index (χ1v) is 10.1. The van der Waals surface area contributed by atoms with Crippen molar-refractivity contribution in [3.8, 4) is 0 Å². The van der Waals surface area contributed by atoms with Crippen LogP contribution in [0.2, 0.25) is 0 Å². The van der Waals surface area contributed by atoms with Crippen LogP contribution in [0.15, 0.2) is 53.0 Å². The van der Waals surface area contributed by atoms with Crippen LogP contribution < -0.4 is 5.32 Å². The van der Waals surface area contributed by atoms with Crippen molar-refractivity contribution in [3.05, 3.63) is 69.7 Å². The monoisotopic (exact) mass is 401 g/mol. The van der Waals surface area contributed by atoms with E-state index in [-0.39, 0.29) is 5.92 Å². The molecular weight excluding hydrogens is 374 g/mol. The highest BCUT2D eigenvalue weighted by Gasteiger charge is 2.38. The van der Waals surface area contributed by atoms with Gasteiger partial charge in [0.25, 0.3) is 0 Å². The SMILES string of the molecule is Cc1ccc(CNCC(c2cccc(Br)c2)C2(O)CCCCC2)cc1. The van der Waals surface area contributed by atoms with Crippen molar-refractivity contribution in [2.45, 2.75) is 57.1 Å². The van der Waals surface area contributed by atoms with E-state index in [0.717, 1.165) is 43.2 Å². The molecule has 134 valence electrons. The number of aryl methyl sites for hydroxylation is 1. The molecule has 0 aliphatic heterocycles. The third-order valence-electron chi connectivity index (χ3n) is 5.42. The third kappa shape index (κ3) is 4.93. The van der Waals surface area contributed by atoms with E-state index >= 15 is 0 Å². The first-order chi connectivity index (χ1) is 12.1. The van der Waals surface area contributed by atoms with Crippen LogP contribution in [0, 0.1) is 6.92 Å². The maximum absolute atomic E-state index is 11.4. The van der Waals surface area contributed by atoms with Gasteiger partial charge in [0, 0.05) is 23.5 Å². The largest absolute Gasteiger partial charge is 0.389 e. The number of benzene rings is 2. The molecule has 3 rings (SSSR count). The van der Waals surface area contributed by atoms with Crippen molar-refractivity contribution >= 4 is 15.9 Å². The van der Waals surface area contributed by atoms with Crippen LogP contribution in [0.5, 0.6) is 0 Å². The van der Waals surface area contributed by atoms with Gasteiger partial charge in [-0.2, -0.15) is 0 Å². The topological polar surface area (TPSA) is 32.3 Å². The van der Waals surface area contributed by atoms with E-state index in [4.69, 9.17) is 0 Å². The first kappa shape index (κ1) is 18.6. The predicted octanol–water partition coefficient (Wildman–Crippen LogP) is 5.33. The fourth-order valence-corrected chi connectivity index (χ4v) is 4.34. The maximum Gasteiger partial charge on any atom is 0.0728 e. The summed E-state index contributed by atoms with van der Waals surface area (Å²) in [6.07, 6.45) is 5.29. The van der Waals surface area contributed by atoms with Crippen LogP contribution in [0.3, 0.4) is 0 Å². The molecule has 1 unspecified atom stereocenters. The lowest BCUT2D eigenvalue weighted by Crippen LogP contribution is -2.43. The highest BCUT2D eigenvalue weighted by Crippen LogP contribution is 2.40. The molecule has 0 amide bonds. The van der Waals surface area contributed by atoms with Crippen molar-refractivity contribution in [3.63, 3.8) is 0 Å². The van der Waals surface area contributed by atoms with E-state index < -0.39 is 5.60 Å². The van der Waals surface area contributed by atoms with Gasteiger partial charge in [-0.3, -0.25) is 0 Å². The summed E-state index contributed by atoms with van der Waals surface area (Å²) in [5.74, 6) is 0.121. The smallest absolute Gasteiger partial charge is 0.0728 e. The van der Waals surface area contributed by atoms with Gasteiger partial charge in [-0.05, 0) is 43.0 Å². The normalized spacial score (nSPS) is 18.0. The molecule has 0 aromatic heterocycles. The molecule has 0 heterocycles. The number of hydrogen-bond donors (Lipinski definition) is 2. The Labute approximate surface area is 159 Å². The van der Waals surface area contributed by atoms with Crippen LogP contribution in [0.4, 0.5) is 0 Å². The van der Waals surface area contributed by atoms with Crippen LogP contribution >= 0.6 is 15.9 Å². The zero-order valence-corrected chi connectivity index (χ0v) is 16.6. The zero-order valence-electron chi connectivity index (χ0n) is 15.0. The molecule has 1 aliphatic carbocycles. The first-order valence-electron chi connectivity index (χ1n) is 9.31. The molecule has 1 fully saturated rings. The average Bonchev–Trinajstić information content (AvgIpc) is 2.61. The third-order valence-corrected chi connectivity index (χ3v) is 5.91. The van der Waals surface area contributed by atoms with Crippen LogP contribution in [-0.4, -0.2) is 17.3 Å². The lowest BCUT2D eigenvalue weighted by atomic mass is 9.72. The van der Waals surface area contributed by atoms with Gasteiger partial charge < -0.3 is 10.4 Å². The Kier molecular flexibility index (Phi) is 6.32. The van der Waals surface area contributed by atoms with E-state index in [1.165, 1.54) is 23.1 Å². The Balaban J connectivity index is 1.73. The summed E-state index contributed by atoms with van der Waals surface area (Å²) in [5, 5.41) is 14.9. The van der Waals surface area contributed by atoms with Crippen molar-refractivity contribution < 1.29 is 5.11 Å². The molecule has 2 aromatic rings. The number of rotatable bonds is 6. The predicted molar refractivity (Wildman–Crippen MR) is 108 cm³/mol. The van der Waals surface area contributed by atoms with E-state index in [1.807, 2.05) is 6.07 Å². The zero-order chi connectivity index (χ0) is 17.7. The molecule has 2 nitrogen and oxygen atoms in total. The Hall–Kier alpha value is -1.16. The minimum absolute atomic E-state index is 0.121. The standard InChI is InChI=1S/C22H28BrNO/c1-17-8-10-18(11-9-17)15-24-16-21(19-6-5-7-20(23)14-19)22(25)12-3-2-4-13-22/h5-11,14,21,24-25H,2-4,12-13,15-16H2,1H3. The second kappa shape index (κ2) is 8.48. The average molecular weight is 402 g/mol. The number of nitrogens with one attached hydrogen (secondary N) is 1. The summed E-state index contributed by atoms with van der Waals surface area (Å²) in [6.45, 7) is 3.74. The molecule has 0 spiro atoms. The quantitative estimate of drug-likeness (QED) is 0.685. The number of aliphatic hydroxyl groups is 1. The van der Waals surface area contributed by atoms with Crippen LogP contribution in [0.25, 0.3) is 0 Å². The minimum Gasteiger partial charge on any atom is -0.389 e. The van der Waals surface area contributed by atoms with Gasteiger partial charge in [0.1, 0.15) is 0 Å². The summed E-state index contributed by atoms with van der Waals surface area (Å²) in [4.78, 5) is 0. The Morgan fingerprint density at radius 3 is 2.48 bits per heavy atom. The summed E-state index contributed by atoms with van der Waals surface area (Å²) in [6, 6.07) is 17.1. The molecule has 25 heavy (non-hydrogen) atoms. The van der Waals surface area contributed by atoms with E-state index in [2.05, 4.69) is 70.6 Å². The molecule has 1 atom stereocenters. The summed E-state index contributed by atoms with van der Waals surface area (Å²) >= 11 is 3.58. The molecule has 2 N–H and O–H groups in total. The molecule has 0 saturated heterocycles. The molecule has 2 aromatic carbocycles. The highest BCUT2D eigenvalue weighted by molar-refractivity contribution is 9.10. The van der Waals surface area contributed by atoms with Gasteiger partial charge in [-0.1, -0.05) is 77.2 Å². The summed E-state index contributed by atoms with van der Waals surface area (Å²) in [5.41, 5.74) is 3.19.